The van der Waals surface area contributed by atoms with Crippen molar-refractivity contribution in [2.45, 2.75) is 12.1 Å². The second-order valence-corrected chi connectivity index (χ2v) is 6.80. The molecule has 0 saturated heterocycles. The molecule has 1 amide bonds. The summed E-state index contributed by atoms with van der Waals surface area (Å²) >= 11 is 7.49. The fourth-order valence-corrected chi connectivity index (χ4v) is 3.20. The Morgan fingerprint density at radius 3 is 2.88 bits per heavy atom. The van der Waals surface area contributed by atoms with Gasteiger partial charge in [0.05, 0.1) is 24.2 Å². The van der Waals surface area contributed by atoms with Gasteiger partial charge in [0, 0.05) is 5.02 Å². The van der Waals surface area contributed by atoms with E-state index in [-0.39, 0.29) is 11.7 Å². The summed E-state index contributed by atoms with van der Waals surface area (Å²) in [4.78, 5) is 12.3. The van der Waals surface area contributed by atoms with Gasteiger partial charge in [-0.15, -0.1) is 10.2 Å². The molecule has 1 aromatic heterocycles. The Balaban J connectivity index is 1.68. The Morgan fingerprint density at radius 1 is 1.31 bits per heavy atom. The van der Waals surface area contributed by atoms with E-state index >= 15 is 0 Å². The normalized spacial score (nSPS) is 10.6. The van der Waals surface area contributed by atoms with Crippen molar-refractivity contribution in [2.24, 2.45) is 0 Å². The molecule has 0 unspecified atom stereocenters. The van der Waals surface area contributed by atoms with Crippen molar-refractivity contribution in [1.29, 1.82) is 0 Å². The van der Waals surface area contributed by atoms with Gasteiger partial charge in [0.15, 0.2) is 5.16 Å². The van der Waals surface area contributed by atoms with Gasteiger partial charge in [-0.3, -0.25) is 9.36 Å². The van der Waals surface area contributed by atoms with Crippen LogP contribution in [0.5, 0.6) is 5.75 Å². The van der Waals surface area contributed by atoms with Crippen molar-refractivity contribution in [3.63, 3.8) is 0 Å². The van der Waals surface area contributed by atoms with E-state index in [9.17, 15) is 4.79 Å². The molecule has 1 N–H and O–H groups in total. The first-order chi connectivity index (χ1) is 12.6. The SMILES string of the molecule is COc1ccccc1NC(=O)CSc1nncn1-c1ccc(C)c(Cl)c1. The smallest absolute Gasteiger partial charge is 0.234 e. The molecule has 0 bridgehead atoms. The van der Waals surface area contributed by atoms with E-state index in [4.69, 9.17) is 16.3 Å². The number of benzene rings is 2. The molecule has 0 fully saturated rings. The second kappa shape index (κ2) is 8.25. The van der Waals surface area contributed by atoms with Gasteiger partial charge in [0.1, 0.15) is 12.1 Å². The highest BCUT2D eigenvalue weighted by atomic mass is 35.5. The monoisotopic (exact) mass is 388 g/mol. The van der Waals surface area contributed by atoms with Gasteiger partial charge in [-0.1, -0.05) is 41.6 Å². The highest BCUT2D eigenvalue weighted by molar-refractivity contribution is 7.99. The highest BCUT2D eigenvalue weighted by Gasteiger charge is 2.12. The molecular formula is C18H17ClN4O2S. The van der Waals surface area contributed by atoms with E-state index in [0.29, 0.717) is 21.6 Å². The summed E-state index contributed by atoms with van der Waals surface area (Å²) in [7, 11) is 1.56. The molecule has 26 heavy (non-hydrogen) atoms. The summed E-state index contributed by atoms with van der Waals surface area (Å²) in [6.45, 7) is 1.94. The fourth-order valence-electron chi connectivity index (χ4n) is 2.30. The summed E-state index contributed by atoms with van der Waals surface area (Å²) in [6.07, 6.45) is 1.60. The van der Waals surface area contributed by atoms with Crippen LogP contribution in [0.3, 0.4) is 0 Å². The average molecular weight is 389 g/mol. The number of carbonyl (C=O) groups is 1. The lowest BCUT2D eigenvalue weighted by molar-refractivity contribution is -0.113. The summed E-state index contributed by atoms with van der Waals surface area (Å²) in [5.41, 5.74) is 2.47. The number of carbonyl (C=O) groups excluding carboxylic acids is 1. The van der Waals surface area contributed by atoms with Crippen molar-refractivity contribution in [3.8, 4) is 11.4 Å². The summed E-state index contributed by atoms with van der Waals surface area (Å²) in [5, 5.41) is 12.1. The number of anilines is 1. The molecule has 0 atom stereocenters. The highest BCUT2D eigenvalue weighted by Crippen LogP contribution is 2.25. The van der Waals surface area contributed by atoms with Gasteiger partial charge in [0.2, 0.25) is 5.91 Å². The second-order valence-electron chi connectivity index (χ2n) is 5.45. The largest absolute Gasteiger partial charge is 0.495 e. The van der Waals surface area contributed by atoms with Crippen molar-refractivity contribution in [2.75, 3.05) is 18.2 Å². The zero-order valence-corrected chi connectivity index (χ0v) is 15.8. The maximum atomic E-state index is 12.3. The van der Waals surface area contributed by atoms with Crippen LogP contribution in [0.25, 0.3) is 5.69 Å². The van der Waals surface area contributed by atoms with Crippen LogP contribution >= 0.6 is 23.4 Å². The molecule has 8 heteroatoms. The molecule has 2 aromatic carbocycles. The van der Waals surface area contributed by atoms with E-state index in [0.717, 1.165) is 11.3 Å². The number of rotatable bonds is 6. The lowest BCUT2D eigenvalue weighted by atomic mass is 10.2. The predicted octanol–water partition coefficient (Wildman–Crippen LogP) is 3.97. The number of nitrogens with one attached hydrogen (secondary N) is 1. The maximum absolute atomic E-state index is 12.3. The Bertz CT molecular complexity index is 929. The molecule has 0 saturated carbocycles. The van der Waals surface area contributed by atoms with Crippen molar-refractivity contribution in [1.82, 2.24) is 14.8 Å². The number of hydrogen-bond acceptors (Lipinski definition) is 5. The molecule has 0 aliphatic carbocycles. The van der Waals surface area contributed by atoms with Gasteiger partial charge < -0.3 is 10.1 Å². The summed E-state index contributed by atoms with van der Waals surface area (Å²) < 4.78 is 7.03. The number of para-hydroxylation sites is 2. The topological polar surface area (TPSA) is 69.0 Å². The Labute approximate surface area is 160 Å². The third-order valence-electron chi connectivity index (χ3n) is 3.66. The Morgan fingerprint density at radius 2 is 2.12 bits per heavy atom. The van der Waals surface area contributed by atoms with Crippen LogP contribution in [0.1, 0.15) is 5.56 Å². The third kappa shape index (κ3) is 4.17. The first-order valence-electron chi connectivity index (χ1n) is 7.80. The number of amides is 1. The van der Waals surface area contributed by atoms with Crippen LogP contribution in [-0.4, -0.2) is 33.5 Å². The third-order valence-corrected chi connectivity index (χ3v) is 5.01. The maximum Gasteiger partial charge on any atom is 0.234 e. The molecule has 0 aliphatic heterocycles. The fraction of sp³-hybridized carbons (Fsp3) is 0.167. The summed E-state index contributed by atoms with van der Waals surface area (Å²) in [5.74, 6) is 0.648. The number of aryl methyl sites for hydroxylation is 1. The van der Waals surface area contributed by atoms with Crippen molar-refractivity contribution < 1.29 is 9.53 Å². The molecule has 134 valence electrons. The van der Waals surface area contributed by atoms with Gasteiger partial charge in [-0.05, 0) is 36.8 Å². The van der Waals surface area contributed by atoms with Crippen LogP contribution < -0.4 is 10.1 Å². The van der Waals surface area contributed by atoms with Gasteiger partial charge in [-0.2, -0.15) is 0 Å². The average Bonchev–Trinajstić information content (AvgIpc) is 3.11. The number of aromatic nitrogens is 3. The van der Waals surface area contributed by atoms with Gasteiger partial charge in [-0.25, -0.2) is 0 Å². The molecule has 3 rings (SSSR count). The first-order valence-corrected chi connectivity index (χ1v) is 9.17. The Kier molecular flexibility index (Phi) is 5.80. The van der Waals surface area contributed by atoms with E-state index in [1.54, 1.807) is 30.1 Å². The first kappa shape index (κ1) is 18.3. The van der Waals surface area contributed by atoms with E-state index in [1.807, 2.05) is 37.3 Å². The number of halogens is 1. The quantitative estimate of drug-likeness (QED) is 0.647. The number of hydrogen-bond donors (Lipinski definition) is 1. The zero-order valence-electron chi connectivity index (χ0n) is 14.3. The molecule has 0 spiro atoms. The van der Waals surface area contributed by atoms with Crippen LogP contribution in [0.4, 0.5) is 5.69 Å². The number of thioether (sulfide) groups is 1. The van der Waals surface area contributed by atoms with Crippen LogP contribution in [0.2, 0.25) is 5.02 Å². The standard InChI is InChI=1S/C18H17ClN4O2S/c1-12-7-8-13(9-14(12)19)23-11-20-22-18(23)26-10-17(24)21-15-5-3-4-6-16(15)25-2/h3-9,11H,10H2,1-2H3,(H,21,24). The minimum absolute atomic E-state index is 0.156. The molecular weight excluding hydrogens is 372 g/mol. The van der Waals surface area contributed by atoms with E-state index in [1.165, 1.54) is 11.8 Å². The summed E-state index contributed by atoms with van der Waals surface area (Å²) in [6, 6.07) is 13.0. The van der Waals surface area contributed by atoms with Gasteiger partial charge in [0.25, 0.3) is 0 Å². The van der Waals surface area contributed by atoms with Crippen molar-refractivity contribution >= 4 is 35.0 Å². The zero-order chi connectivity index (χ0) is 18.5. The van der Waals surface area contributed by atoms with Crippen LogP contribution in [0.15, 0.2) is 53.9 Å². The van der Waals surface area contributed by atoms with E-state index < -0.39 is 0 Å². The minimum Gasteiger partial charge on any atom is -0.495 e. The minimum atomic E-state index is -0.156. The predicted molar refractivity (Wildman–Crippen MR) is 103 cm³/mol. The molecule has 0 aliphatic rings. The van der Waals surface area contributed by atoms with E-state index in [2.05, 4.69) is 15.5 Å². The molecule has 0 radical (unpaired) electrons. The lowest BCUT2D eigenvalue weighted by Gasteiger charge is -2.10. The number of methoxy groups -OCH3 is 1. The van der Waals surface area contributed by atoms with Crippen LogP contribution in [-0.2, 0) is 4.79 Å². The lowest BCUT2D eigenvalue weighted by Crippen LogP contribution is -2.15. The molecule has 3 aromatic rings. The number of ether oxygens (including phenoxy) is 1. The molecule has 6 nitrogen and oxygen atoms in total. The Hall–Kier alpha value is -2.51. The molecule has 1 heterocycles. The van der Waals surface area contributed by atoms with Gasteiger partial charge >= 0.3 is 0 Å². The number of nitrogens with zero attached hydrogens (tertiary/aromatic N) is 3. The van der Waals surface area contributed by atoms with Crippen molar-refractivity contribution in [3.05, 3.63) is 59.4 Å². The van der Waals surface area contributed by atoms with Crippen LogP contribution in [0, 0.1) is 6.92 Å².